The Bertz CT molecular complexity index is 771. The number of aromatic amines is 1. The number of rotatable bonds is 8. The van der Waals surface area contributed by atoms with Gasteiger partial charge in [0.15, 0.2) is 0 Å². The second-order valence-electron chi connectivity index (χ2n) is 7.94. The number of aromatic nitrogens is 4. The molecule has 140 valence electrons. The molecule has 1 amide bonds. The Morgan fingerprint density at radius 1 is 1.35 bits per heavy atom. The first-order chi connectivity index (χ1) is 12.7. The van der Waals surface area contributed by atoms with E-state index in [1.807, 2.05) is 6.20 Å². The molecule has 2 aromatic rings. The summed E-state index contributed by atoms with van der Waals surface area (Å²) in [6, 6.07) is 0. The van der Waals surface area contributed by atoms with Crippen LogP contribution in [-0.2, 0) is 37.0 Å². The number of nitrogens with zero attached hydrogens (tertiary/aromatic N) is 3. The van der Waals surface area contributed by atoms with Crippen molar-refractivity contribution >= 4 is 5.91 Å². The van der Waals surface area contributed by atoms with Crippen molar-refractivity contribution in [2.45, 2.75) is 71.3 Å². The number of H-pyrrole nitrogens is 1. The highest BCUT2D eigenvalue weighted by atomic mass is 16.1. The van der Waals surface area contributed by atoms with Gasteiger partial charge < -0.3 is 9.88 Å². The van der Waals surface area contributed by atoms with E-state index in [9.17, 15) is 4.79 Å². The Morgan fingerprint density at radius 2 is 2.19 bits per heavy atom. The fourth-order valence-electron chi connectivity index (χ4n) is 4.09. The van der Waals surface area contributed by atoms with Crippen molar-refractivity contribution in [1.29, 1.82) is 0 Å². The van der Waals surface area contributed by atoms with Crippen molar-refractivity contribution in [1.82, 2.24) is 25.1 Å². The maximum absolute atomic E-state index is 12.3. The zero-order valence-electron chi connectivity index (χ0n) is 15.7. The van der Waals surface area contributed by atoms with Crippen LogP contribution in [0.2, 0.25) is 0 Å². The highest BCUT2D eigenvalue weighted by Gasteiger charge is 2.43. The van der Waals surface area contributed by atoms with E-state index in [1.54, 1.807) is 0 Å². The number of amides is 1. The third-order valence-corrected chi connectivity index (χ3v) is 5.97. The summed E-state index contributed by atoms with van der Waals surface area (Å²) in [5, 5.41) is 10.8. The standard InChI is InChI=1S/C20H29N5O/c1-2-18-21-11-12-25(18)14-20(9-10-20)13-22-19(26)8-7-17-15-5-3-4-6-16(15)23-24-17/h11-12H,2-10,13-14H2,1H3,(H,22,26)(H,23,24). The van der Waals surface area contributed by atoms with Gasteiger partial charge >= 0.3 is 0 Å². The molecule has 2 aromatic heterocycles. The number of fused-ring (bicyclic) bond motifs is 1. The summed E-state index contributed by atoms with van der Waals surface area (Å²) < 4.78 is 2.25. The minimum Gasteiger partial charge on any atom is -0.355 e. The summed E-state index contributed by atoms with van der Waals surface area (Å²) >= 11 is 0. The monoisotopic (exact) mass is 355 g/mol. The van der Waals surface area contributed by atoms with Gasteiger partial charge in [-0.15, -0.1) is 0 Å². The van der Waals surface area contributed by atoms with Crippen molar-refractivity contribution in [3.63, 3.8) is 0 Å². The molecule has 4 rings (SSSR count). The van der Waals surface area contributed by atoms with Gasteiger partial charge in [0.25, 0.3) is 0 Å². The molecule has 0 unspecified atom stereocenters. The van der Waals surface area contributed by atoms with E-state index in [1.165, 1.54) is 36.9 Å². The van der Waals surface area contributed by atoms with E-state index < -0.39 is 0 Å². The highest BCUT2D eigenvalue weighted by Crippen LogP contribution is 2.46. The van der Waals surface area contributed by atoms with Gasteiger partial charge in [0.05, 0.1) is 5.69 Å². The van der Waals surface area contributed by atoms with Crippen LogP contribution in [-0.4, -0.2) is 32.2 Å². The second-order valence-corrected chi connectivity index (χ2v) is 7.94. The number of nitrogens with one attached hydrogen (secondary N) is 2. The van der Waals surface area contributed by atoms with E-state index in [-0.39, 0.29) is 11.3 Å². The Labute approximate surface area is 154 Å². The Kier molecular flexibility index (Phi) is 4.83. The Balaban J connectivity index is 1.26. The van der Waals surface area contributed by atoms with Crippen LogP contribution in [0.4, 0.5) is 0 Å². The van der Waals surface area contributed by atoms with Gasteiger partial charge in [-0.05, 0) is 44.1 Å². The zero-order valence-corrected chi connectivity index (χ0v) is 15.7. The molecule has 2 aliphatic rings. The van der Waals surface area contributed by atoms with Gasteiger partial charge in [0.1, 0.15) is 5.82 Å². The van der Waals surface area contributed by atoms with E-state index in [2.05, 4.69) is 38.2 Å². The molecule has 6 nitrogen and oxygen atoms in total. The van der Waals surface area contributed by atoms with Gasteiger partial charge in [-0.2, -0.15) is 5.10 Å². The lowest BCUT2D eigenvalue weighted by molar-refractivity contribution is -0.121. The molecule has 0 saturated heterocycles. The maximum Gasteiger partial charge on any atom is 0.220 e. The number of hydrogen-bond acceptors (Lipinski definition) is 3. The average Bonchev–Trinajstić information content (AvgIpc) is 3.09. The third-order valence-electron chi connectivity index (χ3n) is 5.97. The van der Waals surface area contributed by atoms with Gasteiger partial charge in [0.2, 0.25) is 5.91 Å². The highest BCUT2D eigenvalue weighted by molar-refractivity contribution is 5.76. The molecular formula is C20H29N5O. The molecule has 0 atom stereocenters. The first-order valence-electron chi connectivity index (χ1n) is 10.0. The van der Waals surface area contributed by atoms with Crippen molar-refractivity contribution in [2.24, 2.45) is 5.41 Å². The molecule has 2 aliphatic carbocycles. The van der Waals surface area contributed by atoms with Gasteiger partial charge in [-0.25, -0.2) is 4.98 Å². The van der Waals surface area contributed by atoms with Crippen LogP contribution in [0.15, 0.2) is 12.4 Å². The smallest absolute Gasteiger partial charge is 0.220 e. The van der Waals surface area contributed by atoms with Crippen LogP contribution < -0.4 is 5.32 Å². The minimum atomic E-state index is 0.144. The van der Waals surface area contributed by atoms with Crippen molar-refractivity contribution < 1.29 is 4.79 Å². The number of carbonyl (C=O) groups excluding carboxylic acids is 1. The lowest BCUT2D eigenvalue weighted by Gasteiger charge is -2.18. The predicted molar refractivity (Wildman–Crippen MR) is 99.8 cm³/mol. The molecule has 6 heteroatoms. The van der Waals surface area contributed by atoms with Gasteiger partial charge in [-0.3, -0.25) is 9.89 Å². The molecule has 0 bridgehead atoms. The van der Waals surface area contributed by atoms with Gasteiger partial charge in [-0.1, -0.05) is 6.92 Å². The summed E-state index contributed by atoms with van der Waals surface area (Å²) in [6.45, 7) is 3.86. The molecule has 0 aliphatic heterocycles. The van der Waals surface area contributed by atoms with Gasteiger partial charge in [0, 0.05) is 55.9 Å². The maximum atomic E-state index is 12.3. The number of aryl methyl sites for hydroxylation is 3. The van der Waals surface area contributed by atoms with Crippen LogP contribution in [0.3, 0.4) is 0 Å². The van der Waals surface area contributed by atoms with E-state index in [0.717, 1.165) is 50.3 Å². The topological polar surface area (TPSA) is 75.6 Å². The summed E-state index contributed by atoms with van der Waals surface area (Å²) in [5.74, 6) is 1.27. The number of carbonyl (C=O) groups is 1. The van der Waals surface area contributed by atoms with E-state index >= 15 is 0 Å². The molecular weight excluding hydrogens is 326 g/mol. The molecule has 0 radical (unpaired) electrons. The fraction of sp³-hybridized carbons (Fsp3) is 0.650. The fourth-order valence-corrected chi connectivity index (χ4v) is 4.09. The van der Waals surface area contributed by atoms with Crippen molar-refractivity contribution in [3.8, 4) is 0 Å². The molecule has 0 spiro atoms. The molecule has 0 aromatic carbocycles. The summed E-state index contributed by atoms with van der Waals surface area (Å²) in [6.07, 6.45) is 13.2. The first kappa shape index (κ1) is 17.3. The van der Waals surface area contributed by atoms with Crippen molar-refractivity contribution in [3.05, 3.63) is 35.2 Å². The Morgan fingerprint density at radius 3 is 3.00 bits per heavy atom. The van der Waals surface area contributed by atoms with Crippen LogP contribution in [0, 0.1) is 5.41 Å². The van der Waals surface area contributed by atoms with Crippen LogP contribution in [0.5, 0.6) is 0 Å². The number of imidazole rings is 1. The molecule has 2 N–H and O–H groups in total. The van der Waals surface area contributed by atoms with Crippen molar-refractivity contribution in [2.75, 3.05) is 6.54 Å². The van der Waals surface area contributed by atoms with E-state index in [0.29, 0.717) is 6.42 Å². The largest absolute Gasteiger partial charge is 0.355 e. The normalized spacial score (nSPS) is 17.7. The first-order valence-corrected chi connectivity index (χ1v) is 10.0. The molecule has 2 heterocycles. The average molecular weight is 355 g/mol. The Hall–Kier alpha value is -2.11. The lowest BCUT2D eigenvalue weighted by Crippen LogP contribution is -2.32. The van der Waals surface area contributed by atoms with Crippen LogP contribution in [0.1, 0.15) is 61.8 Å². The SMILES string of the molecule is CCc1nccn1CC1(CNC(=O)CCc2n[nH]c3c2CCCC3)CC1. The zero-order chi connectivity index (χ0) is 18.0. The minimum absolute atomic E-state index is 0.144. The molecule has 1 saturated carbocycles. The lowest BCUT2D eigenvalue weighted by atomic mass is 9.94. The second kappa shape index (κ2) is 7.25. The summed E-state index contributed by atoms with van der Waals surface area (Å²) in [4.78, 5) is 16.7. The number of hydrogen-bond donors (Lipinski definition) is 2. The third kappa shape index (κ3) is 3.69. The molecule has 26 heavy (non-hydrogen) atoms. The predicted octanol–water partition coefficient (Wildman–Crippen LogP) is 2.58. The van der Waals surface area contributed by atoms with Crippen LogP contribution >= 0.6 is 0 Å². The van der Waals surface area contributed by atoms with E-state index in [4.69, 9.17) is 0 Å². The summed E-state index contributed by atoms with van der Waals surface area (Å²) in [5.41, 5.74) is 3.98. The summed E-state index contributed by atoms with van der Waals surface area (Å²) in [7, 11) is 0. The van der Waals surface area contributed by atoms with Crippen LogP contribution in [0.25, 0.3) is 0 Å². The quantitative estimate of drug-likeness (QED) is 0.764. The molecule has 1 fully saturated rings.